The quantitative estimate of drug-likeness (QED) is 0.577. The summed E-state index contributed by atoms with van der Waals surface area (Å²) < 4.78 is 44.3. The van der Waals surface area contributed by atoms with E-state index in [-0.39, 0.29) is 17.1 Å². The highest BCUT2D eigenvalue weighted by atomic mass is 35.5. The Hall–Kier alpha value is -2.31. The Balaban J connectivity index is 1.58. The molecule has 170 valence electrons. The van der Waals surface area contributed by atoms with Crippen molar-refractivity contribution in [2.75, 3.05) is 12.4 Å². The van der Waals surface area contributed by atoms with Gasteiger partial charge in [0.1, 0.15) is 11.9 Å². The van der Waals surface area contributed by atoms with Crippen molar-refractivity contribution >= 4 is 44.7 Å². The molecule has 8 nitrogen and oxygen atoms in total. The molecule has 0 aliphatic carbocycles. The Labute approximate surface area is 194 Å². The number of likely N-dealkylation sites (N-methyl/N-ethyl adjacent to an activating group) is 1. The Bertz CT molecular complexity index is 1290. The van der Waals surface area contributed by atoms with E-state index in [1.54, 1.807) is 10.9 Å². The first kappa shape index (κ1) is 22.9. The fourth-order valence-electron chi connectivity index (χ4n) is 3.52. The van der Waals surface area contributed by atoms with E-state index in [0.717, 1.165) is 31.4 Å². The normalized spacial score (nSPS) is 20.9. The van der Waals surface area contributed by atoms with Gasteiger partial charge in [0.05, 0.1) is 17.3 Å². The lowest BCUT2D eigenvalue weighted by Crippen LogP contribution is -2.55. The Morgan fingerprint density at radius 1 is 1.31 bits per heavy atom. The predicted octanol–water partition coefficient (Wildman–Crippen LogP) is 3.47. The van der Waals surface area contributed by atoms with Gasteiger partial charge in [-0.3, -0.25) is 9.48 Å². The van der Waals surface area contributed by atoms with Gasteiger partial charge in [0.15, 0.2) is 0 Å². The van der Waals surface area contributed by atoms with Gasteiger partial charge >= 0.3 is 0 Å². The van der Waals surface area contributed by atoms with E-state index in [2.05, 4.69) is 15.1 Å². The molecule has 1 aromatic carbocycles. The monoisotopic (exact) mass is 497 g/mol. The van der Waals surface area contributed by atoms with Crippen LogP contribution >= 0.6 is 22.9 Å². The third-order valence-electron chi connectivity index (χ3n) is 5.53. The molecule has 12 heteroatoms. The predicted molar refractivity (Wildman–Crippen MR) is 122 cm³/mol. The van der Waals surface area contributed by atoms with Crippen LogP contribution in [0.1, 0.15) is 23.0 Å². The number of benzene rings is 1. The summed E-state index contributed by atoms with van der Waals surface area (Å²) in [6, 6.07) is 6.04. The first-order chi connectivity index (χ1) is 15.1. The smallest absolute Gasteiger partial charge is 0.280 e. The molecule has 1 amide bonds. The molecule has 1 fully saturated rings. The number of amides is 1. The Kier molecular flexibility index (Phi) is 6.12. The van der Waals surface area contributed by atoms with Crippen LogP contribution in [0.5, 0.6) is 0 Å². The van der Waals surface area contributed by atoms with Gasteiger partial charge < -0.3 is 5.32 Å². The number of hydrogen-bond donors (Lipinski definition) is 2. The second-order valence-electron chi connectivity index (χ2n) is 7.53. The van der Waals surface area contributed by atoms with Crippen molar-refractivity contribution < 1.29 is 17.6 Å². The summed E-state index contributed by atoms with van der Waals surface area (Å²) in [5.74, 6) is -1.13. The van der Waals surface area contributed by atoms with Gasteiger partial charge in [-0.1, -0.05) is 11.6 Å². The molecule has 1 saturated heterocycles. The summed E-state index contributed by atoms with van der Waals surface area (Å²) in [5, 5.41) is 6.75. The molecule has 3 heterocycles. The zero-order chi connectivity index (χ0) is 23.2. The van der Waals surface area contributed by atoms with E-state index >= 15 is 0 Å². The molecular weight excluding hydrogens is 477 g/mol. The highest BCUT2D eigenvalue weighted by molar-refractivity contribution is 7.87. The fraction of sp³-hybridized carbons (Fsp3) is 0.300. The molecule has 2 N–H and O–H groups in total. The van der Waals surface area contributed by atoms with Crippen molar-refractivity contribution in [3.05, 3.63) is 57.9 Å². The molecule has 0 bridgehead atoms. The summed E-state index contributed by atoms with van der Waals surface area (Å²) in [6.45, 7) is 1.96. The van der Waals surface area contributed by atoms with Gasteiger partial charge in [-0.2, -0.15) is 22.5 Å². The maximum absolute atomic E-state index is 13.4. The van der Waals surface area contributed by atoms with Crippen molar-refractivity contribution in [2.45, 2.75) is 25.4 Å². The number of anilines is 1. The van der Waals surface area contributed by atoms with Gasteiger partial charge in [-0.25, -0.2) is 4.39 Å². The summed E-state index contributed by atoms with van der Waals surface area (Å²) in [7, 11) is -0.689. The SMILES string of the molecule is Cc1c(-c2ccc([C@H]3C[C@@H](C(=O)Nc4ccc(F)c(Cl)c4)N(C)S(=O)(=O)N3)s2)cnn1C. The molecule has 32 heavy (non-hydrogen) atoms. The molecule has 2 aromatic heterocycles. The molecule has 0 spiro atoms. The molecule has 1 aliphatic heterocycles. The number of nitrogens with zero attached hydrogens (tertiary/aromatic N) is 3. The third-order valence-corrected chi connectivity index (χ3v) is 8.65. The van der Waals surface area contributed by atoms with Crippen molar-refractivity contribution in [1.29, 1.82) is 0 Å². The fourth-order valence-corrected chi connectivity index (χ4v) is 6.18. The van der Waals surface area contributed by atoms with Crippen molar-refractivity contribution in [2.24, 2.45) is 7.05 Å². The highest BCUT2D eigenvalue weighted by Gasteiger charge is 2.41. The van der Waals surface area contributed by atoms with Crippen molar-refractivity contribution in [1.82, 2.24) is 18.8 Å². The minimum absolute atomic E-state index is 0.135. The van der Waals surface area contributed by atoms with Gasteiger partial charge in [0.2, 0.25) is 5.91 Å². The van der Waals surface area contributed by atoms with Crippen LogP contribution in [0.4, 0.5) is 10.1 Å². The number of carbonyl (C=O) groups is 1. The zero-order valence-electron chi connectivity index (χ0n) is 17.5. The number of nitrogens with one attached hydrogen (secondary N) is 2. The molecule has 3 aromatic rings. The Morgan fingerprint density at radius 2 is 2.06 bits per heavy atom. The topological polar surface area (TPSA) is 96.3 Å². The van der Waals surface area contributed by atoms with Gasteiger partial charge in [0, 0.05) is 40.8 Å². The number of aryl methyl sites for hydroxylation is 1. The van der Waals surface area contributed by atoms with E-state index in [4.69, 9.17) is 11.6 Å². The second kappa shape index (κ2) is 8.56. The first-order valence-corrected chi connectivity index (χ1v) is 12.3. The lowest BCUT2D eigenvalue weighted by atomic mass is 10.1. The molecule has 0 saturated carbocycles. The molecule has 1 aliphatic rings. The summed E-state index contributed by atoms with van der Waals surface area (Å²) in [6.07, 6.45) is 2.00. The molecule has 2 atom stereocenters. The number of rotatable bonds is 4. The molecule has 4 rings (SSSR count). The highest BCUT2D eigenvalue weighted by Crippen LogP contribution is 2.37. The summed E-state index contributed by atoms with van der Waals surface area (Å²) in [5.41, 5.74) is 2.26. The average molecular weight is 498 g/mol. The number of halogens is 2. The minimum atomic E-state index is -3.89. The van der Waals surface area contributed by atoms with Crippen LogP contribution in [-0.4, -0.2) is 41.5 Å². The third kappa shape index (κ3) is 4.30. The number of hydrogen-bond acceptors (Lipinski definition) is 5. The van der Waals surface area contributed by atoms with E-state index < -0.39 is 34.0 Å². The van der Waals surface area contributed by atoms with Crippen LogP contribution < -0.4 is 10.0 Å². The van der Waals surface area contributed by atoms with Crippen molar-refractivity contribution in [3.63, 3.8) is 0 Å². The standard InChI is InChI=1S/C20H21ClFN5O3S2/c1-11-13(10-23-26(11)2)18-6-7-19(31-18)16-9-17(27(3)32(29,30)25-16)20(28)24-12-4-5-15(22)14(21)8-12/h4-8,10,16-17,25H,9H2,1-3H3,(H,24,28)/t16-,17+/m1/s1. The van der Waals surface area contributed by atoms with Crippen LogP contribution in [0.15, 0.2) is 36.5 Å². The van der Waals surface area contributed by atoms with E-state index in [0.29, 0.717) is 0 Å². The molecule has 0 radical (unpaired) electrons. The van der Waals surface area contributed by atoms with Crippen LogP contribution in [0.25, 0.3) is 10.4 Å². The molecular formula is C20H21ClFN5O3S2. The van der Waals surface area contributed by atoms with Crippen LogP contribution in [0.3, 0.4) is 0 Å². The largest absolute Gasteiger partial charge is 0.325 e. The van der Waals surface area contributed by atoms with E-state index in [1.165, 1.54) is 30.5 Å². The lowest BCUT2D eigenvalue weighted by molar-refractivity contribution is -0.120. The van der Waals surface area contributed by atoms with E-state index in [1.807, 2.05) is 26.1 Å². The maximum Gasteiger partial charge on any atom is 0.280 e. The minimum Gasteiger partial charge on any atom is -0.325 e. The average Bonchev–Trinajstić information content (AvgIpc) is 3.34. The maximum atomic E-state index is 13.4. The van der Waals surface area contributed by atoms with Crippen LogP contribution in [0, 0.1) is 12.7 Å². The lowest BCUT2D eigenvalue weighted by Gasteiger charge is -2.35. The molecule has 0 unspecified atom stereocenters. The van der Waals surface area contributed by atoms with Gasteiger partial charge in [0.25, 0.3) is 10.2 Å². The number of carbonyl (C=O) groups excluding carboxylic acids is 1. The first-order valence-electron chi connectivity index (χ1n) is 9.66. The number of thiophene rings is 1. The van der Waals surface area contributed by atoms with Gasteiger partial charge in [-0.15, -0.1) is 11.3 Å². The number of aromatic nitrogens is 2. The summed E-state index contributed by atoms with van der Waals surface area (Å²) in [4.78, 5) is 14.7. The second-order valence-corrected chi connectivity index (χ2v) is 10.8. The van der Waals surface area contributed by atoms with E-state index in [9.17, 15) is 17.6 Å². The Morgan fingerprint density at radius 3 is 2.72 bits per heavy atom. The zero-order valence-corrected chi connectivity index (χ0v) is 19.9. The summed E-state index contributed by atoms with van der Waals surface area (Å²) >= 11 is 7.23. The van der Waals surface area contributed by atoms with Crippen LogP contribution in [-0.2, 0) is 22.1 Å². The van der Waals surface area contributed by atoms with Gasteiger partial charge in [-0.05, 0) is 43.7 Å². The van der Waals surface area contributed by atoms with Crippen molar-refractivity contribution in [3.8, 4) is 10.4 Å². The van der Waals surface area contributed by atoms with Crippen LogP contribution in [0.2, 0.25) is 5.02 Å².